The molecule has 0 atom stereocenters. The van der Waals surface area contributed by atoms with Crippen LogP contribution in [0.2, 0.25) is 0 Å². The number of fused-ring (bicyclic) bond motifs is 1. The number of hydrogen-bond acceptors (Lipinski definition) is 3. The lowest BCUT2D eigenvalue weighted by Crippen LogP contribution is -2.42. The number of carbonyl (C=O) groups excluding carboxylic acids is 2. The SMILES string of the molecule is COc1ccc(/C=C2\C(=O)N(c3ccccc3C)C(=O)c3ccccc32)cc1C. The Kier molecular flexibility index (Phi) is 4.77. The number of hydrogen-bond donors (Lipinski definition) is 0. The summed E-state index contributed by atoms with van der Waals surface area (Å²) in [6, 6.07) is 20.4. The maximum Gasteiger partial charge on any atom is 0.265 e. The standard InChI is InChI=1S/C25H21NO3/c1-16-8-4-7-11-22(16)26-24(27)20-10-6-5-9-19(20)21(25(26)28)15-18-12-13-23(29-3)17(2)14-18/h4-15H,1-3H3/b21-15-. The van der Waals surface area contributed by atoms with E-state index in [9.17, 15) is 9.59 Å². The number of imide groups is 1. The van der Waals surface area contributed by atoms with Gasteiger partial charge in [-0.1, -0.05) is 42.5 Å². The van der Waals surface area contributed by atoms with Crippen molar-refractivity contribution in [3.63, 3.8) is 0 Å². The third-order valence-corrected chi connectivity index (χ3v) is 5.17. The van der Waals surface area contributed by atoms with Crippen LogP contribution in [-0.2, 0) is 4.79 Å². The second-order valence-electron chi connectivity index (χ2n) is 7.06. The first-order chi connectivity index (χ1) is 14.0. The number of nitrogens with zero attached hydrogens (tertiary/aromatic N) is 1. The Morgan fingerprint density at radius 3 is 2.17 bits per heavy atom. The maximum atomic E-state index is 13.5. The molecule has 0 N–H and O–H groups in total. The van der Waals surface area contributed by atoms with Gasteiger partial charge in [0.25, 0.3) is 11.8 Å². The number of para-hydroxylation sites is 1. The molecular weight excluding hydrogens is 362 g/mol. The first-order valence-electron chi connectivity index (χ1n) is 9.41. The van der Waals surface area contributed by atoms with Crippen LogP contribution in [0.3, 0.4) is 0 Å². The molecule has 3 aromatic rings. The smallest absolute Gasteiger partial charge is 0.265 e. The monoisotopic (exact) mass is 383 g/mol. The lowest BCUT2D eigenvalue weighted by Gasteiger charge is -2.29. The number of ether oxygens (including phenoxy) is 1. The van der Waals surface area contributed by atoms with Crippen molar-refractivity contribution >= 4 is 29.2 Å². The highest BCUT2D eigenvalue weighted by Crippen LogP contribution is 2.35. The summed E-state index contributed by atoms with van der Waals surface area (Å²) in [5, 5.41) is 0. The summed E-state index contributed by atoms with van der Waals surface area (Å²) in [6.07, 6.45) is 1.84. The van der Waals surface area contributed by atoms with Crippen LogP contribution < -0.4 is 9.64 Å². The van der Waals surface area contributed by atoms with Crippen molar-refractivity contribution in [2.24, 2.45) is 0 Å². The minimum Gasteiger partial charge on any atom is -0.496 e. The van der Waals surface area contributed by atoms with Gasteiger partial charge in [-0.25, -0.2) is 4.90 Å². The van der Waals surface area contributed by atoms with Gasteiger partial charge in [-0.05, 0) is 66.4 Å². The fraction of sp³-hybridized carbons (Fsp3) is 0.120. The van der Waals surface area contributed by atoms with E-state index in [0.717, 1.165) is 22.4 Å². The first-order valence-corrected chi connectivity index (χ1v) is 9.41. The number of benzene rings is 3. The Hall–Kier alpha value is -3.66. The molecule has 3 aromatic carbocycles. The molecule has 4 rings (SSSR count). The lowest BCUT2D eigenvalue weighted by molar-refractivity contribution is -0.112. The number of aryl methyl sites for hydroxylation is 2. The maximum absolute atomic E-state index is 13.5. The Bertz CT molecular complexity index is 1160. The number of carbonyl (C=O) groups is 2. The van der Waals surface area contributed by atoms with Crippen molar-refractivity contribution < 1.29 is 14.3 Å². The zero-order valence-electron chi connectivity index (χ0n) is 16.6. The third kappa shape index (κ3) is 3.23. The zero-order valence-corrected chi connectivity index (χ0v) is 16.6. The number of amides is 2. The van der Waals surface area contributed by atoms with E-state index in [-0.39, 0.29) is 11.8 Å². The summed E-state index contributed by atoms with van der Waals surface area (Å²) in [5.74, 6) is 0.165. The van der Waals surface area contributed by atoms with E-state index in [1.165, 1.54) is 4.90 Å². The minimum atomic E-state index is -0.323. The highest BCUT2D eigenvalue weighted by Gasteiger charge is 2.36. The summed E-state index contributed by atoms with van der Waals surface area (Å²) in [6.45, 7) is 3.85. The van der Waals surface area contributed by atoms with E-state index in [2.05, 4.69) is 0 Å². The molecule has 0 aromatic heterocycles. The average molecular weight is 383 g/mol. The van der Waals surface area contributed by atoms with E-state index in [1.807, 2.05) is 74.5 Å². The molecule has 0 saturated carbocycles. The van der Waals surface area contributed by atoms with Crippen LogP contribution in [0.1, 0.15) is 32.6 Å². The molecule has 0 radical (unpaired) electrons. The van der Waals surface area contributed by atoms with E-state index in [0.29, 0.717) is 22.4 Å². The van der Waals surface area contributed by atoms with Crippen molar-refractivity contribution in [1.29, 1.82) is 0 Å². The summed E-state index contributed by atoms with van der Waals surface area (Å²) in [4.78, 5) is 27.9. The van der Waals surface area contributed by atoms with Crippen LogP contribution in [0.15, 0.2) is 66.7 Å². The van der Waals surface area contributed by atoms with Gasteiger partial charge in [0.15, 0.2) is 0 Å². The lowest BCUT2D eigenvalue weighted by atomic mass is 9.91. The second-order valence-corrected chi connectivity index (χ2v) is 7.06. The predicted molar refractivity (Wildman–Crippen MR) is 115 cm³/mol. The first kappa shape index (κ1) is 18.7. The molecule has 144 valence electrons. The van der Waals surface area contributed by atoms with Gasteiger partial charge in [0.2, 0.25) is 0 Å². The summed E-state index contributed by atoms with van der Waals surface area (Å²) >= 11 is 0. The van der Waals surface area contributed by atoms with E-state index in [1.54, 1.807) is 19.2 Å². The van der Waals surface area contributed by atoms with Crippen LogP contribution >= 0.6 is 0 Å². The molecule has 4 heteroatoms. The summed E-state index contributed by atoms with van der Waals surface area (Å²) in [7, 11) is 1.63. The Labute approximate surface area is 170 Å². The zero-order chi connectivity index (χ0) is 20.5. The third-order valence-electron chi connectivity index (χ3n) is 5.17. The Morgan fingerprint density at radius 2 is 1.48 bits per heavy atom. The molecule has 29 heavy (non-hydrogen) atoms. The van der Waals surface area contributed by atoms with Crippen molar-refractivity contribution in [3.8, 4) is 5.75 Å². The molecule has 0 bridgehead atoms. The Balaban J connectivity index is 1.90. The number of methoxy groups -OCH3 is 1. The molecule has 0 aliphatic carbocycles. The fourth-order valence-corrected chi connectivity index (χ4v) is 3.68. The van der Waals surface area contributed by atoms with Crippen molar-refractivity contribution in [1.82, 2.24) is 0 Å². The number of anilines is 1. The molecule has 1 heterocycles. The minimum absolute atomic E-state index is 0.303. The molecule has 0 saturated heterocycles. The van der Waals surface area contributed by atoms with Gasteiger partial charge in [-0.2, -0.15) is 0 Å². The normalized spacial score (nSPS) is 14.9. The van der Waals surface area contributed by atoms with E-state index >= 15 is 0 Å². The number of rotatable bonds is 3. The van der Waals surface area contributed by atoms with Crippen LogP contribution in [-0.4, -0.2) is 18.9 Å². The Morgan fingerprint density at radius 1 is 0.793 bits per heavy atom. The topological polar surface area (TPSA) is 46.6 Å². The fourth-order valence-electron chi connectivity index (χ4n) is 3.68. The van der Waals surface area contributed by atoms with Crippen molar-refractivity contribution in [2.45, 2.75) is 13.8 Å². The van der Waals surface area contributed by atoms with Gasteiger partial charge < -0.3 is 4.74 Å². The predicted octanol–water partition coefficient (Wildman–Crippen LogP) is 5.04. The molecular formula is C25H21NO3. The summed E-state index contributed by atoms with van der Waals surface area (Å²) in [5.41, 5.74) is 4.99. The summed E-state index contributed by atoms with van der Waals surface area (Å²) < 4.78 is 5.33. The van der Waals surface area contributed by atoms with Crippen LogP contribution in [0.4, 0.5) is 5.69 Å². The highest BCUT2D eigenvalue weighted by molar-refractivity contribution is 6.43. The van der Waals surface area contributed by atoms with Crippen LogP contribution in [0, 0.1) is 13.8 Å². The van der Waals surface area contributed by atoms with Gasteiger partial charge in [0, 0.05) is 11.1 Å². The molecule has 4 nitrogen and oxygen atoms in total. The van der Waals surface area contributed by atoms with Gasteiger partial charge in [0.1, 0.15) is 5.75 Å². The van der Waals surface area contributed by atoms with Crippen LogP contribution in [0.5, 0.6) is 5.75 Å². The largest absolute Gasteiger partial charge is 0.496 e. The van der Waals surface area contributed by atoms with Gasteiger partial charge in [-0.3, -0.25) is 9.59 Å². The average Bonchev–Trinajstić information content (AvgIpc) is 2.73. The van der Waals surface area contributed by atoms with Crippen LogP contribution in [0.25, 0.3) is 11.6 Å². The van der Waals surface area contributed by atoms with Gasteiger partial charge in [-0.15, -0.1) is 0 Å². The molecule has 0 unspecified atom stereocenters. The highest BCUT2D eigenvalue weighted by atomic mass is 16.5. The molecule has 0 spiro atoms. The van der Waals surface area contributed by atoms with Gasteiger partial charge in [0.05, 0.1) is 12.8 Å². The molecule has 2 amide bonds. The second kappa shape index (κ2) is 7.40. The molecule has 1 aliphatic heterocycles. The molecule has 0 fully saturated rings. The van der Waals surface area contributed by atoms with Crippen molar-refractivity contribution in [2.75, 3.05) is 12.0 Å². The van der Waals surface area contributed by atoms with Crippen molar-refractivity contribution in [3.05, 3.63) is 94.5 Å². The quantitative estimate of drug-likeness (QED) is 0.470. The van der Waals surface area contributed by atoms with Gasteiger partial charge >= 0.3 is 0 Å². The van der Waals surface area contributed by atoms with E-state index in [4.69, 9.17) is 4.74 Å². The van der Waals surface area contributed by atoms with E-state index < -0.39 is 0 Å². The molecule has 1 aliphatic rings.